The molecule has 1 saturated heterocycles. The number of piperazine rings is 1. The minimum absolute atomic E-state index is 0.514. The Morgan fingerprint density at radius 3 is 2.33 bits per heavy atom. The van der Waals surface area contributed by atoms with Crippen LogP contribution < -0.4 is 9.80 Å². The number of aliphatic hydroxyl groups excluding tert-OH is 1. The summed E-state index contributed by atoms with van der Waals surface area (Å²) in [6.07, 6.45) is 3.17. The van der Waals surface area contributed by atoms with Crippen molar-refractivity contribution in [1.29, 1.82) is 0 Å². The molecule has 1 aliphatic heterocycles. The first-order valence-corrected chi connectivity index (χ1v) is 7.29. The molecule has 0 aliphatic carbocycles. The number of pyridine rings is 2. The third-order valence-corrected chi connectivity index (χ3v) is 3.82. The van der Waals surface area contributed by atoms with Gasteiger partial charge in [0.05, 0.1) is 23.7 Å². The summed E-state index contributed by atoms with van der Waals surface area (Å²) in [5, 5.41) is 9.50. The number of aromatic nitrogens is 2. The molecule has 1 atom stereocenters. The molecule has 3 heterocycles. The topological polar surface area (TPSA) is 52.5 Å². The van der Waals surface area contributed by atoms with Crippen LogP contribution >= 0.6 is 0 Å². The number of nitrogens with zero attached hydrogens (tertiary/aromatic N) is 4. The van der Waals surface area contributed by atoms with Gasteiger partial charge in [-0.25, -0.2) is 4.98 Å². The van der Waals surface area contributed by atoms with Crippen LogP contribution in [-0.2, 0) is 0 Å². The second-order valence-electron chi connectivity index (χ2n) is 5.28. The first-order valence-electron chi connectivity index (χ1n) is 7.29. The SMILES string of the molecule is CC(O)c1ccc(N2CCN(c3ccccn3)CC2)cn1. The molecule has 1 aliphatic rings. The van der Waals surface area contributed by atoms with Crippen molar-refractivity contribution in [3.8, 4) is 0 Å². The largest absolute Gasteiger partial charge is 0.387 e. The van der Waals surface area contributed by atoms with Gasteiger partial charge in [-0.05, 0) is 31.2 Å². The highest BCUT2D eigenvalue weighted by Crippen LogP contribution is 2.19. The van der Waals surface area contributed by atoms with Crippen LogP contribution in [0, 0.1) is 0 Å². The van der Waals surface area contributed by atoms with Gasteiger partial charge in [0.2, 0.25) is 0 Å². The van der Waals surface area contributed by atoms with Gasteiger partial charge in [0.1, 0.15) is 5.82 Å². The lowest BCUT2D eigenvalue weighted by atomic mass is 10.2. The zero-order valence-electron chi connectivity index (χ0n) is 12.2. The van der Waals surface area contributed by atoms with E-state index in [1.54, 1.807) is 6.92 Å². The van der Waals surface area contributed by atoms with Gasteiger partial charge in [-0.15, -0.1) is 0 Å². The van der Waals surface area contributed by atoms with E-state index in [9.17, 15) is 5.11 Å². The summed E-state index contributed by atoms with van der Waals surface area (Å²) < 4.78 is 0. The fourth-order valence-corrected chi connectivity index (χ4v) is 2.57. The molecule has 0 saturated carbocycles. The third-order valence-electron chi connectivity index (χ3n) is 3.82. The first kappa shape index (κ1) is 13.8. The summed E-state index contributed by atoms with van der Waals surface area (Å²) in [5.74, 6) is 1.04. The lowest BCUT2D eigenvalue weighted by Crippen LogP contribution is -2.46. The van der Waals surface area contributed by atoms with Crippen molar-refractivity contribution in [2.75, 3.05) is 36.0 Å². The lowest BCUT2D eigenvalue weighted by Gasteiger charge is -2.36. The Morgan fingerprint density at radius 2 is 1.76 bits per heavy atom. The first-order chi connectivity index (χ1) is 10.2. The monoisotopic (exact) mass is 284 g/mol. The van der Waals surface area contributed by atoms with Crippen LogP contribution in [0.25, 0.3) is 0 Å². The fraction of sp³-hybridized carbons (Fsp3) is 0.375. The van der Waals surface area contributed by atoms with Gasteiger partial charge < -0.3 is 14.9 Å². The molecule has 0 radical (unpaired) electrons. The standard InChI is InChI=1S/C16H20N4O/c1-13(21)15-6-5-14(12-18-15)19-8-10-20(11-9-19)16-4-2-3-7-17-16/h2-7,12-13,21H,8-11H2,1H3. The molecule has 0 spiro atoms. The number of hydrogen-bond acceptors (Lipinski definition) is 5. The average molecular weight is 284 g/mol. The zero-order valence-corrected chi connectivity index (χ0v) is 12.2. The molecule has 0 bridgehead atoms. The van der Waals surface area contributed by atoms with Crippen molar-refractivity contribution in [2.24, 2.45) is 0 Å². The summed E-state index contributed by atoms with van der Waals surface area (Å²) in [5.41, 5.74) is 1.82. The van der Waals surface area contributed by atoms with Gasteiger partial charge in [-0.2, -0.15) is 0 Å². The van der Waals surface area contributed by atoms with Gasteiger partial charge >= 0.3 is 0 Å². The summed E-state index contributed by atoms with van der Waals surface area (Å²) in [6.45, 7) is 5.54. The van der Waals surface area contributed by atoms with Gasteiger partial charge in [-0.1, -0.05) is 6.07 Å². The van der Waals surface area contributed by atoms with Crippen LogP contribution in [0.1, 0.15) is 18.7 Å². The van der Waals surface area contributed by atoms with Crippen molar-refractivity contribution in [1.82, 2.24) is 9.97 Å². The Balaban J connectivity index is 1.63. The molecule has 110 valence electrons. The van der Waals surface area contributed by atoms with E-state index in [1.807, 2.05) is 36.7 Å². The highest BCUT2D eigenvalue weighted by Gasteiger charge is 2.18. The van der Waals surface area contributed by atoms with Gasteiger partial charge in [0, 0.05) is 32.4 Å². The number of aliphatic hydroxyl groups is 1. The van der Waals surface area contributed by atoms with Crippen LogP contribution in [-0.4, -0.2) is 41.3 Å². The molecule has 1 fully saturated rings. The fourth-order valence-electron chi connectivity index (χ4n) is 2.57. The molecular formula is C16H20N4O. The number of anilines is 2. The van der Waals surface area contributed by atoms with Crippen LogP contribution in [0.2, 0.25) is 0 Å². The molecule has 2 aromatic rings. The van der Waals surface area contributed by atoms with Crippen molar-refractivity contribution in [3.05, 3.63) is 48.4 Å². The van der Waals surface area contributed by atoms with Gasteiger partial charge in [0.15, 0.2) is 0 Å². The minimum Gasteiger partial charge on any atom is -0.387 e. The van der Waals surface area contributed by atoms with Crippen LogP contribution in [0.5, 0.6) is 0 Å². The van der Waals surface area contributed by atoms with E-state index in [0.29, 0.717) is 5.69 Å². The normalized spacial score (nSPS) is 16.9. The lowest BCUT2D eigenvalue weighted by molar-refractivity contribution is 0.194. The van der Waals surface area contributed by atoms with Crippen molar-refractivity contribution >= 4 is 11.5 Å². The second-order valence-corrected chi connectivity index (χ2v) is 5.28. The summed E-state index contributed by atoms with van der Waals surface area (Å²) >= 11 is 0. The molecule has 0 amide bonds. The molecule has 5 heteroatoms. The van der Waals surface area contributed by atoms with E-state index in [2.05, 4.69) is 25.8 Å². The van der Waals surface area contributed by atoms with Crippen LogP contribution in [0.3, 0.4) is 0 Å². The van der Waals surface area contributed by atoms with E-state index in [1.165, 1.54) is 0 Å². The van der Waals surface area contributed by atoms with Crippen molar-refractivity contribution in [3.63, 3.8) is 0 Å². The average Bonchev–Trinajstić information content (AvgIpc) is 2.56. The Morgan fingerprint density at radius 1 is 1.00 bits per heavy atom. The smallest absolute Gasteiger partial charge is 0.128 e. The highest BCUT2D eigenvalue weighted by atomic mass is 16.3. The minimum atomic E-state index is -0.514. The zero-order chi connectivity index (χ0) is 14.7. The van der Waals surface area contributed by atoms with Gasteiger partial charge in [-0.3, -0.25) is 4.98 Å². The molecule has 3 rings (SSSR count). The van der Waals surface area contributed by atoms with Crippen molar-refractivity contribution in [2.45, 2.75) is 13.0 Å². The molecule has 2 aromatic heterocycles. The van der Waals surface area contributed by atoms with Crippen LogP contribution in [0.15, 0.2) is 42.7 Å². The molecule has 1 unspecified atom stereocenters. The number of hydrogen-bond donors (Lipinski definition) is 1. The maximum Gasteiger partial charge on any atom is 0.128 e. The second kappa shape index (κ2) is 6.10. The van der Waals surface area contributed by atoms with E-state index >= 15 is 0 Å². The summed E-state index contributed by atoms with van der Waals surface area (Å²) in [6, 6.07) is 9.94. The van der Waals surface area contributed by atoms with E-state index in [4.69, 9.17) is 0 Å². The van der Waals surface area contributed by atoms with E-state index in [-0.39, 0.29) is 0 Å². The highest BCUT2D eigenvalue weighted by molar-refractivity contribution is 5.48. The quantitative estimate of drug-likeness (QED) is 0.932. The summed E-state index contributed by atoms with van der Waals surface area (Å²) in [4.78, 5) is 13.3. The molecular weight excluding hydrogens is 264 g/mol. The maximum atomic E-state index is 9.50. The molecule has 5 nitrogen and oxygen atoms in total. The third kappa shape index (κ3) is 3.13. The maximum absolute atomic E-state index is 9.50. The Labute approximate surface area is 124 Å². The van der Waals surface area contributed by atoms with Gasteiger partial charge in [0.25, 0.3) is 0 Å². The van der Waals surface area contributed by atoms with E-state index < -0.39 is 6.10 Å². The Hall–Kier alpha value is -2.14. The molecule has 21 heavy (non-hydrogen) atoms. The molecule has 1 N–H and O–H groups in total. The Bertz CT molecular complexity index is 563. The van der Waals surface area contributed by atoms with Crippen LogP contribution in [0.4, 0.5) is 11.5 Å². The predicted octanol–water partition coefficient (Wildman–Crippen LogP) is 1.86. The van der Waals surface area contributed by atoms with Crippen molar-refractivity contribution < 1.29 is 5.11 Å². The van der Waals surface area contributed by atoms with E-state index in [0.717, 1.165) is 37.7 Å². The Kier molecular flexibility index (Phi) is 4.01. The predicted molar refractivity (Wildman–Crippen MR) is 83.5 cm³/mol. The molecule has 0 aromatic carbocycles. The summed E-state index contributed by atoms with van der Waals surface area (Å²) in [7, 11) is 0. The number of rotatable bonds is 3.